The molecule has 6 N–H and O–H groups in total. The summed E-state index contributed by atoms with van der Waals surface area (Å²) in [5, 5.41) is 0. The Kier molecular flexibility index (Phi) is 2.62. The first-order chi connectivity index (χ1) is 6.63. The highest BCUT2D eigenvalue weighted by molar-refractivity contribution is 5.70. The maximum atomic E-state index is 11.3. The number of fused-ring (bicyclic) bond motifs is 1. The van der Waals surface area contributed by atoms with E-state index in [0.29, 0.717) is 12.2 Å². The molecule has 0 fully saturated rings. The molecule has 0 unspecified atom stereocenters. The van der Waals surface area contributed by atoms with Gasteiger partial charge in [-0.15, -0.1) is 0 Å². The van der Waals surface area contributed by atoms with Crippen molar-refractivity contribution in [3.63, 3.8) is 0 Å². The summed E-state index contributed by atoms with van der Waals surface area (Å²) >= 11 is 0. The minimum absolute atomic E-state index is 0. The highest BCUT2D eigenvalue weighted by Crippen LogP contribution is 2.01. The lowest BCUT2D eigenvalue weighted by molar-refractivity contribution is 0.745. The third-order valence-electron chi connectivity index (χ3n) is 1.97. The second kappa shape index (κ2) is 3.58. The van der Waals surface area contributed by atoms with Crippen molar-refractivity contribution in [2.24, 2.45) is 0 Å². The van der Waals surface area contributed by atoms with Gasteiger partial charge in [0.15, 0.2) is 11.2 Å². The van der Waals surface area contributed by atoms with Gasteiger partial charge >= 0.3 is 5.69 Å². The first-order valence-electron chi connectivity index (χ1n) is 4.11. The molecule has 0 saturated heterocycles. The lowest BCUT2D eigenvalue weighted by Crippen LogP contribution is -2.15. The standard InChI is InChI=1S/C7H9N5O2.H2O/c1-2-12-4-3(9-7(12)14)5(13)11-6(8)10-4;/h2H2,1H3,(H,9,14)(H3,8,10,11,13);1H2. The number of aromatic nitrogens is 4. The zero-order chi connectivity index (χ0) is 10.3. The molecule has 0 atom stereocenters. The molecular formula is C7H11N5O3. The van der Waals surface area contributed by atoms with E-state index in [-0.39, 0.29) is 22.6 Å². The molecule has 8 nitrogen and oxygen atoms in total. The van der Waals surface area contributed by atoms with E-state index < -0.39 is 5.56 Å². The van der Waals surface area contributed by atoms with Gasteiger partial charge in [-0.05, 0) is 6.92 Å². The quantitative estimate of drug-likeness (QED) is 0.513. The third-order valence-corrected chi connectivity index (χ3v) is 1.97. The molecule has 2 rings (SSSR count). The van der Waals surface area contributed by atoms with Crippen LogP contribution in [-0.4, -0.2) is 25.0 Å². The fourth-order valence-electron chi connectivity index (χ4n) is 1.35. The van der Waals surface area contributed by atoms with Crippen LogP contribution in [0.5, 0.6) is 0 Å². The number of aryl methyl sites for hydroxylation is 1. The van der Waals surface area contributed by atoms with E-state index >= 15 is 0 Å². The number of nitrogens with zero attached hydrogens (tertiary/aromatic N) is 2. The van der Waals surface area contributed by atoms with E-state index in [1.165, 1.54) is 4.57 Å². The van der Waals surface area contributed by atoms with Crippen molar-refractivity contribution in [3.05, 3.63) is 20.8 Å². The SMILES string of the molecule is CCn1c(=O)[nH]c2c(=O)[nH]c(N)nc21.O. The fourth-order valence-corrected chi connectivity index (χ4v) is 1.35. The summed E-state index contributed by atoms with van der Waals surface area (Å²) in [5.41, 5.74) is 5.02. The van der Waals surface area contributed by atoms with Crippen LogP contribution in [0.4, 0.5) is 5.95 Å². The normalized spacial score (nSPS) is 10.2. The zero-order valence-corrected chi connectivity index (χ0v) is 8.00. The van der Waals surface area contributed by atoms with Gasteiger partial charge in [-0.2, -0.15) is 4.98 Å². The molecule has 0 aliphatic rings. The van der Waals surface area contributed by atoms with Crippen molar-refractivity contribution >= 4 is 17.1 Å². The Bertz CT molecular complexity index is 593. The fraction of sp³-hybridized carbons (Fsp3) is 0.286. The molecule has 0 saturated carbocycles. The van der Waals surface area contributed by atoms with Crippen molar-refractivity contribution in [1.82, 2.24) is 19.5 Å². The molecular weight excluding hydrogens is 202 g/mol. The number of anilines is 1. The number of nitrogens with one attached hydrogen (secondary N) is 2. The number of hydrogen-bond donors (Lipinski definition) is 3. The molecule has 82 valence electrons. The summed E-state index contributed by atoms with van der Waals surface area (Å²) in [4.78, 5) is 31.2. The summed E-state index contributed by atoms with van der Waals surface area (Å²) in [5.74, 6) is 0.00343. The topological polar surface area (TPSA) is 141 Å². The van der Waals surface area contributed by atoms with Crippen molar-refractivity contribution < 1.29 is 5.48 Å². The maximum absolute atomic E-state index is 11.3. The van der Waals surface area contributed by atoms with Crippen LogP contribution in [0.15, 0.2) is 9.59 Å². The van der Waals surface area contributed by atoms with Gasteiger partial charge in [-0.3, -0.25) is 19.3 Å². The minimum Gasteiger partial charge on any atom is -0.412 e. The van der Waals surface area contributed by atoms with Gasteiger partial charge in [0.05, 0.1) is 0 Å². The average molecular weight is 213 g/mol. The molecule has 2 aromatic rings. The number of rotatable bonds is 1. The summed E-state index contributed by atoms with van der Waals surface area (Å²) in [6.45, 7) is 2.22. The van der Waals surface area contributed by atoms with E-state index in [9.17, 15) is 9.59 Å². The lowest BCUT2D eigenvalue weighted by Gasteiger charge is -1.96. The summed E-state index contributed by atoms with van der Waals surface area (Å²) in [7, 11) is 0. The predicted octanol–water partition coefficient (Wildman–Crippen LogP) is -1.81. The Labute approximate surface area is 83.1 Å². The van der Waals surface area contributed by atoms with Crippen LogP contribution in [0, 0.1) is 0 Å². The maximum Gasteiger partial charge on any atom is 0.327 e. The number of aromatic amines is 2. The average Bonchev–Trinajstić information content (AvgIpc) is 2.41. The molecule has 2 heterocycles. The van der Waals surface area contributed by atoms with Gasteiger partial charge in [0.25, 0.3) is 5.56 Å². The van der Waals surface area contributed by atoms with E-state index in [1.807, 2.05) is 0 Å². The molecule has 8 heteroatoms. The number of hydrogen-bond acceptors (Lipinski definition) is 4. The van der Waals surface area contributed by atoms with E-state index in [0.717, 1.165) is 0 Å². The molecule has 0 aliphatic heterocycles. The van der Waals surface area contributed by atoms with Gasteiger partial charge in [0.2, 0.25) is 5.95 Å². The summed E-state index contributed by atoms with van der Waals surface area (Å²) < 4.78 is 1.35. The molecule has 0 aliphatic carbocycles. The monoisotopic (exact) mass is 213 g/mol. The summed E-state index contributed by atoms with van der Waals surface area (Å²) in [6, 6.07) is 0. The lowest BCUT2D eigenvalue weighted by atomic mass is 10.5. The number of nitrogen functional groups attached to an aromatic ring is 1. The first-order valence-corrected chi connectivity index (χ1v) is 4.11. The van der Waals surface area contributed by atoms with Crippen molar-refractivity contribution in [2.45, 2.75) is 13.5 Å². The largest absolute Gasteiger partial charge is 0.412 e. The van der Waals surface area contributed by atoms with Crippen molar-refractivity contribution in [2.75, 3.05) is 5.73 Å². The van der Waals surface area contributed by atoms with Gasteiger partial charge in [0, 0.05) is 6.54 Å². The molecule has 15 heavy (non-hydrogen) atoms. The molecule has 2 aromatic heterocycles. The van der Waals surface area contributed by atoms with E-state index in [2.05, 4.69) is 15.0 Å². The zero-order valence-electron chi connectivity index (χ0n) is 8.00. The Morgan fingerprint density at radius 3 is 2.67 bits per heavy atom. The number of H-pyrrole nitrogens is 2. The van der Waals surface area contributed by atoms with Crippen LogP contribution < -0.4 is 17.0 Å². The smallest absolute Gasteiger partial charge is 0.327 e. The molecule has 0 amide bonds. The van der Waals surface area contributed by atoms with Crippen molar-refractivity contribution in [1.29, 1.82) is 0 Å². The molecule has 0 aromatic carbocycles. The van der Waals surface area contributed by atoms with Gasteiger partial charge in [-0.25, -0.2) is 4.79 Å². The van der Waals surface area contributed by atoms with Crippen LogP contribution >= 0.6 is 0 Å². The van der Waals surface area contributed by atoms with Crippen LogP contribution in [0.2, 0.25) is 0 Å². The van der Waals surface area contributed by atoms with Crippen LogP contribution in [0.25, 0.3) is 11.2 Å². The molecule has 0 bridgehead atoms. The van der Waals surface area contributed by atoms with Crippen LogP contribution in [0.3, 0.4) is 0 Å². The highest BCUT2D eigenvalue weighted by atomic mass is 16.2. The second-order valence-electron chi connectivity index (χ2n) is 2.82. The Morgan fingerprint density at radius 2 is 2.07 bits per heavy atom. The Balaban J connectivity index is 0.00000112. The number of nitrogens with two attached hydrogens (primary N) is 1. The Morgan fingerprint density at radius 1 is 1.40 bits per heavy atom. The van der Waals surface area contributed by atoms with Crippen LogP contribution in [-0.2, 0) is 6.54 Å². The molecule has 0 radical (unpaired) electrons. The highest BCUT2D eigenvalue weighted by Gasteiger charge is 2.10. The third kappa shape index (κ3) is 1.50. The van der Waals surface area contributed by atoms with Crippen molar-refractivity contribution in [3.8, 4) is 0 Å². The Hall–Kier alpha value is -2.09. The van der Waals surface area contributed by atoms with Gasteiger partial charge in [0.1, 0.15) is 0 Å². The van der Waals surface area contributed by atoms with E-state index in [4.69, 9.17) is 5.73 Å². The van der Waals surface area contributed by atoms with Gasteiger partial charge in [-0.1, -0.05) is 0 Å². The minimum atomic E-state index is -0.434. The number of imidazole rings is 1. The van der Waals surface area contributed by atoms with Crippen LogP contribution in [0.1, 0.15) is 6.92 Å². The van der Waals surface area contributed by atoms with Gasteiger partial charge < -0.3 is 11.2 Å². The van der Waals surface area contributed by atoms with E-state index in [1.54, 1.807) is 6.92 Å². The second-order valence-corrected chi connectivity index (χ2v) is 2.82. The summed E-state index contributed by atoms with van der Waals surface area (Å²) in [6.07, 6.45) is 0. The molecule has 0 spiro atoms. The predicted molar refractivity (Wildman–Crippen MR) is 54.7 cm³/mol. The first kappa shape index (κ1) is 11.0.